The lowest BCUT2D eigenvalue weighted by Gasteiger charge is -2.23. The first-order chi connectivity index (χ1) is 8.73. The van der Waals surface area contributed by atoms with Gasteiger partial charge in [0.2, 0.25) is 0 Å². The van der Waals surface area contributed by atoms with Crippen LogP contribution in [0.1, 0.15) is 24.1 Å². The molecule has 0 fully saturated rings. The van der Waals surface area contributed by atoms with Gasteiger partial charge in [0, 0.05) is 5.56 Å². The fraction of sp³-hybridized carbons (Fsp3) is 0.417. The minimum atomic E-state index is -4.06. The van der Waals surface area contributed by atoms with Gasteiger partial charge in [-0.2, -0.15) is 8.78 Å². The van der Waals surface area contributed by atoms with E-state index in [2.05, 4.69) is 4.74 Å². The van der Waals surface area contributed by atoms with Crippen LogP contribution in [0.3, 0.4) is 0 Å². The fourth-order valence-electron chi connectivity index (χ4n) is 1.50. The van der Waals surface area contributed by atoms with Gasteiger partial charge in [-0.1, -0.05) is 17.7 Å². The second-order valence-corrected chi connectivity index (χ2v) is 4.29. The summed E-state index contributed by atoms with van der Waals surface area (Å²) in [4.78, 5) is 11.2. The predicted octanol–water partition coefficient (Wildman–Crippen LogP) is 3.41. The number of ether oxygens (including phenoxy) is 1. The average Bonchev–Trinajstić information content (AvgIpc) is 2.34. The van der Waals surface area contributed by atoms with Crippen LogP contribution < -0.4 is 5.73 Å². The zero-order chi connectivity index (χ0) is 14.8. The smallest absolute Gasteiger partial charge is 0.379 e. The monoisotopic (exact) mass is 331 g/mol. The minimum Gasteiger partial charge on any atom is -0.462 e. The van der Waals surface area contributed by atoms with Crippen molar-refractivity contribution in [1.29, 1.82) is 0 Å². The molecule has 3 nitrogen and oxygen atoms in total. The van der Waals surface area contributed by atoms with Crippen LogP contribution in [-0.4, -0.2) is 18.5 Å². The third kappa shape index (κ3) is 3.56. The minimum absolute atomic E-state index is 0. The molecule has 1 aromatic rings. The summed E-state index contributed by atoms with van der Waals surface area (Å²) in [6.07, 6.45) is 0. The summed E-state index contributed by atoms with van der Waals surface area (Å²) in [6.45, 7) is 2.66. The normalized spacial score (nSPS) is 12.6. The van der Waals surface area contributed by atoms with E-state index in [-0.39, 0.29) is 24.0 Å². The first-order valence-electron chi connectivity index (χ1n) is 5.48. The van der Waals surface area contributed by atoms with E-state index in [0.29, 0.717) is 5.56 Å². The summed E-state index contributed by atoms with van der Waals surface area (Å²) in [6, 6.07) is 0.0903. The van der Waals surface area contributed by atoms with Gasteiger partial charge in [-0.3, -0.25) is 0 Å². The fourth-order valence-corrected chi connectivity index (χ4v) is 1.77. The molecule has 0 saturated carbocycles. The summed E-state index contributed by atoms with van der Waals surface area (Å²) in [7, 11) is 0. The van der Waals surface area contributed by atoms with Gasteiger partial charge in [0.1, 0.15) is 11.9 Å². The molecule has 20 heavy (non-hydrogen) atoms. The third-order valence-corrected chi connectivity index (χ3v) is 3.07. The quantitative estimate of drug-likeness (QED) is 0.860. The predicted molar refractivity (Wildman–Crippen MR) is 71.9 cm³/mol. The summed E-state index contributed by atoms with van der Waals surface area (Å²) in [5, 5.41) is -0.225. The molecule has 8 heteroatoms. The Morgan fingerprint density at radius 3 is 2.55 bits per heavy atom. The number of alkyl halides is 2. The number of carbonyl (C=O) groups is 1. The van der Waals surface area contributed by atoms with E-state index in [9.17, 15) is 18.0 Å². The Morgan fingerprint density at radius 1 is 1.50 bits per heavy atom. The molecule has 0 aromatic heterocycles. The molecule has 0 amide bonds. The standard InChI is InChI=1S/C12H13ClF3NO2.ClH/c1-3-19-11(18)12(15,16)10(17)8-7(14)5-4-6(2)9(8)13;/h4-5,10H,3,17H2,1-2H3;1H/t10-;/m0./s1. The number of halogens is 5. The molecule has 1 rings (SSSR count). The van der Waals surface area contributed by atoms with E-state index in [1.807, 2.05) is 0 Å². The molecule has 0 unspecified atom stereocenters. The Hall–Kier alpha value is -0.980. The van der Waals surface area contributed by atoms with Crippen molar-refractivity contribution in [2.45, 2.75) is 25.8 Å². The highest BCUT2D eigenvalue weighted by atomic mass is 35.5. The molecular formula is C12H14Cl2F3NO2. The summed E-state index contributed by atoms with van der Waals surface area (Å²) < 4.78 is 45.3. The molecule has 1 aromatic carbocycles. The van der Waals surface area contributed by atoms with Crippen molar-refractivity contribution >= 4 is 30.0 Å². The summed E-state index contributed by atoms with van der Waals surface area (Å²) >= 11 is 5.78. The van der Waals surface area contributed by atoms with Gasteiger partial charge in [-0.05, 0) is 25.5 Å². The molecule has 2 N–H and O–H groups in total. The van der Waals surface area contributed by atoms with E-state index < -0.39 is 29.3 Å². The molecule has 0 radical (unpaired) electrons. The Labute approximate surface area is 125 Å². The van der Waals surface area contributed by atoms with Crippen LogP contribution >= 0.6 is 24.0 Å². The number of nitrogens with two attached hydrogens (primary N) is 1. The van der Waals surface area contributed by atoms with Crippen LogP contribution in [0.5, 0.6) is 0 Å². The molecule has 114 valence electrons. The van der Waals surface area contributed by atoms with Crippen molar-refractivity contribution in [1.82, 2.24) is 0 Å². The topological polar surface area (TPSA) is 52.3 Å². The third-order valence-electron chi connectivity index (χ3n) is 2.57. The lowest BCUT2D eigenvalue weighted by Crippen LogP contribution is -2.42. The Bertz CT molecular complexity index is 498. The Balaban J connectivity index is 0.00000361. The number of aryl methyl sites for hydroxylation is 1. The van der Waals surface area contributed by atoms with Crippen LogP contribution in [0.25, 0.3) is 0 Å². The highest BCUT2D eigenvalue weighted by Gasteiger charge is 2.49. The van der Waals surface area contributed by atoms with Crippen LogP contribution in [0.4, 0.5) is 13.2 Å². The molecule has 0 aliphatic heterocycles. The SMILES string of the molecule is CCOC(=O)C(F)(F)[C@@H](N)c1c(F)ccc(C)c1Cl.Cl. The van der Waals surface area contributed by atoms with E-state index in [1.54, 1.807) is 0 Å². The van der Waals surface area contributed by atoms with E-state index in [1.165, 1.54) is 19.9 Å². The molecule has 0 aliphatic carbocycles. The highest BCUT2D eigenvalue weighted by Crippen LogP contribution is 2.37. The van der Waals surface area contributed by atoms with Gasteiger partial charge in [-0.15, -0.1) is 12.4 Å². The zero-order valence-corrected chi connectivity index (χ0v) is 12.3. The van der Waals surface area contributed by atoms with Crippen molar-refractivity contribution in [3.8, 4) is 0 Å². The van der Waals surface area contributed by atoms with Crippen molar-refractivity contribution in [2.24, 2.45) is 5.73 Å². The Kier molecular flexibility index (Phi) is 6.80. The molecule has 1 atom stereocenters. The maximum atomic E-state index is 13.8. The molecule has 0 saturated heterocycles. The first kappa shape index (κ1) is 19.0. The van der Waals surface area contributed by atoms with Crippen LogP contribution in [0, 0.1) is 12.7 Å². The number of hydrogen-bond donors (Lipinski definition) is 1. The number of hydrogen-bond acceptors (Lipinski definition) is 3. The van der Waals surface area contributed by atoms with Gasteiger partial charge < -0.3 is 10.5 Å². The van der Waals surface area contributed by atoms with E-state index in [4.69, 9.17) is 17.3 Å². The second-order valence-electron chi connectivity index (χ2n) is 3.91. The number of rotatable bonds is 4. The van der Waals surface area contributed by atoms with Crippen molar-refractivity contribution in [2.75, 3.05) is 6.61 Å². The van der Waals surface area contributed by atoms with Crippen LogP contribution in [0.2, 0.25) is 5.02 Å². The zero-order valence-electron chi connectivity index (χ0n) is 10.8. The molecule has 0 spiro atoms. The van der Waals surface area contributed by atoms with Crippen molar-refractivity contribution in [3.63, 3.8) is 0 Å². The molecule has 0 heterocycles. The Morgan fingerprint density at radius 2 is 2.05 bits per heavy atom. The average molecular weight is 332 g/mol. The lowest BCUT2D eigenvalue weighted by molar-refractivity contribution is -0.174. The molecular weight excluding hydrogens is 318 g/mol. The van der Waals surface area contributed by atoms with Gasteiger partial charge >= 0.3 is 11.9 Å². The van der Waals surface area contributed by atoms with Crippen LogP contribution in [-0.2, 0) is 9.53 Å². The highest BCUT2D eigenvalue weighted by molar-refractivity contribution is 6.32. The van der Waals surface area contributed by atoms with Gasteiger partial charge in [-0.25, -0.2) is 9.18 Å². The lowest BCUT2D eigenvalue weighted by atomic mass is 9.99. The van der Waals surface area contributed by atoms with Crippen molar-refractivity contribution in [3.05, 3.63) is 34.1 Å². The first-order valence-corrected chi connectivity index (χ1v) is 5.86. The molecule has 0 bridgehead atoms. The number of carbonyl (C=O) groups excluding carboxylic acids is 1. The van der Waals surface area contributed by atoms with Gasteiger partial charge in [0.05, 0.1) is 11.6 Å². The summed E-state index contributed by atoms with van der Waals surface area (Å²) in [5.74, 6) is -6.86. The second kappa shape index (κ2) is 7.15. The maximum absolute atomic E-state index is 13.8. The number of benzene rings is 1. The van der Waals surface area contributed by atoms with Gasteiger partial charge in [0.25, 0.3) is 0 Å². The molecule has 0 aliphatic rings. The summed E-state index contributed by atoms with van der Waals surface area (Å²) in [5.41, 5.74) is 5.08. The van der Waals surface area contributed by atoms with E-state index in [0.717, 1.165) is 6.07 Å². The van der Waals surface area contributed by atoms with E-state index >= 15 is 0 Å². The maximum Gasteiger partial charge on any atom is 0.379 e. The van der Waals surface area contributed by atoms with Gasteiger partial charge in [0.15, 0.2) is 0 Å². The number of esters is 1. The van der Waals surface area contributed by atoms with Crippen molar-refractivity contribution < 1.29 is 22.7 Å². The largest absolute Gasteiger partial charge is 0.462 e. The van der Waals surface area contributed by atoms with Crippen LogP contribution in [0.15, 0.2) is 12.1 Å².